The molecular weight excluding hydrogens is 362 g/mol. The van der Waals surface area contributed by atoms with Crippen LogP contribution in [0.3, 0.4) is 0 Å². The van der Waals surface area contributed by atoms with Crippen LogP contribution in [0.4, 0.5) is 0 Å². The molecule has 0 aromatic rings. The minimum atomic E-state index is 0. The molecule has 0 unspecified atom stereocenters. The molecule has 5 heteroatoms. The summed E-state index contributed by atoms with van der Waals surface area (Å²) in [7, 11) is 0. The fraction of sp³-hybridized carbons (Fsp3) is 0. The first-order valence-electron chi connectivity index (χ1n) is 0. The van der Waals surface area contributed by atoms with Crippen LogP contribution < -0.4 is 0 Å². The molecule has 0 bridgehead atoms. The van der Waals surface area contributed by atoms with Crippen molar-refractivity contribution in [3.63, 3.8) is 0 Å². The minimum Gasteiger partial charge on any atom is -2.00 e. The second-order valence-corrected chi connectivity index (χ2v) is 0. The van der Waals surface area contributed by atoms with Gasteiger partial charge in [-0.2, -0.15) is 0 Å². The van der Waals surface area contributed by atoms with Gasteiger partial charge in [0.1, 0.15) is 0 Å². The zero-order valence-corrected chi connectivity index (χ0v) is 6.37. The van der Waals surface area contributed by atoms with Crippen molar-refractivity contribution in [3.8, 4) is 0 Å². The van der Waals surface area contributed by atoms with Crippen molar-refractivity contribution < 1.29 is 104 Å². The Morgan fingerprint density at radius 2 is 0.600 bits per heavy atom. The minimum absolute atomic E-state index is 0. The topological polar surface area (TPSA) is 85.5 Å². The third-order valence-electron chi connectivity index (χ3n) is 0. The maximum Gasteiger partial charge on any atom is 3.00 e. The van der Waals surface area contributed by atoms with Gasteiger partial charge in [-0.15, -0.1) is 0 Å². The van der Waals surface area contributed by atoms with Crippen LogP contribution in [0.1, 0.15) is 0 Å². The normalized spacial score (nSPS) is 0. The summed E-state index contributed by atoms with van der Waals surface area (Å²) in [6, 6.07) is 0. The molecule has 0 N–H and O–H groups in total. The molecular formula is DyEuO3. The first kappa shape index (κ1) is 46.9. The van der Waals surface area contributed by atoms with E-state index >= 15 is 0 Å². The van der Waals surface area contributed by atoms with Gasteiger partial charge in [0.15, 0.2) is 0 Å². The summed E-state index contributed by atoms with van der Waals surface area (Å²) < 4.78 is 0. The summed E-state index contributed by atoms with van der Waals surface area (Å²) in [6.07, 6.45) is 0. The third kappa shape index (κ3) is 20.2. The predicted octanol–water partition coefficient (Wildman–Crippen LogP) is -0.356. The van der Waals surface area contributed by atoms with E-state index in [1.54, 1.807) is 0 Å². The van der Waals surface area contributed by atoms with Crippen molar-refractivity contribution in [1.29, 1.82) is 0 Å². The zero-order chi connectivity index (χ0) is 0. The molecule has 0 aromatic carbocycles. The molecule has 0 rings (SSSR count). The third-order valence-corrected chi connectivity index (χ3v) is 0. The van der Waals surface area contributed by atoms with E-state index in [0.717, 1.165) is 0 Å². The molecule has 0 aromatic heterocycles. The summed E-state index contributed by atoms with van der Waals surface area (Å²) in [6.45, 7) is 0. The molecule has 0 saturated carbocycles. The van der Waals surface area contributed by atoms with Gasteiger partial charge in [-0.05, 0) is 0 Å². The zero-order valence-electron chi connectivity index (χ0n) is 1.92. The number of hydrogen-bond donors (Lipinski definition) is 0. The van der Waals surface area contributed by atoms with Crippen LogP contribution in [-0.4, -0.2) is 0 Å². The average molecular weight is 362 g/mol. The summed E-state index contributed by atoms with van der Waals surface area (Å²) in [5, 5.41) is 0. The van der Waals surface area contributed by atoms with E-state index in [9.17, 15) is 0 Å². The Morgan fingerprint density at radius 3 is 0.600 bits per heavy atom. The average Bonchev–Trinajstić information content (AvgIpc) is 0. The van der Waals surface area contributed by atoms with Crippen LogP contribution in [0.15, 0.2) is 0 Å². The molecule has 0 spiro atoms. The summed E-state index contributed by atoms with van der Waals surface area (Å²) in [5.41, 5.74) is 0. The van der Waals surface area contributed by atoms with Crippen LogP contribution in [0.5, 0.6) is 0 Å². The quantitative estimate of drug-likeness (QED) is 0.564. The summed E-state index contributed by atoms with van der Waals surface area (Å²) in [4.78, 5) is 0. The Kier molecular flexibility index (Phi) is 277. The van der Waals surface area contributed by atoms with E-state index in [2.05, 4.69) is 0 Å². The monoisotopic (exact) mass is 365 g/mol. The Morgan fingerprint density at radius 1 is 0.600 bits per heavy atom. The number of hydrogen-bond acceptors (Lipinski definition) is 0. The molecule has 0 aliphatic rings. The Bertz CT molecular complexity index is 6.85. The van der Waals surface area contributed by atoms with Crippen LogP contribution in [-0.2, 0) is 16.4 Å². The van der Waals surface area contributed by atoms with Crippen molar-refractivity contribution in [2.45, 2.75) is 0 Å². The van der Waals surface area contributed by atoms with Crippen LogP contribution in [0, 0.1) is 87.6 Å². The Labute approximate surface area is 101 Å². The molecule has 0 amide bonds. The van der Waals surface area contributed by atoms with Gasteiger partial charge in [-0.3, -0.25) is 0 Å². The van der Waals surface area contributed by atoms with E-state index < -0.39 is 0 Å². The maximum atomic E-state index is 0. The molecule has 35 valence electrons. The molecule has 0 aliphatic carbocycles. The SMILES string of the molecule is [Dy+3].[Eu+3].[O-2].[O-2].[O-2]. The van der Waals surface area contributed by atoms with E-state index in [1.165, 1.54) is 0 Å². The number of rotatable bonds is 0. The van der Waals surface area contributed by atoms with E-state index in [1.807, 2.05) is 0 Å². The van der Waals surface area contributed by atoms with Gasteiger partial charge in [0.05, 0.1) is 0 Å². The first-order valence-corrected chi connectivity index (χ1v) is 0. The summed E-state index contributed by atoms with van der Waals surface area (Å²) >= 11 is 0. The Hall–Kier alpha value is 2.74. The molecule has 0 heterocycles. The van der Waals surface area contributed by atoms with Crippen LogP contribution in [0.25, 0.3) is 0 Å². The van der Waals surface area contributed by atoms with E-state index in [0.29, 0.717) is 0 Å². The fourth-order valence-electron chi connectivity index (χ4n) is 0. The van der Waals surface area contributed by atoms with Crippen molar-refractivity contribution in [3.05, 3.63) is 0 Å². The second kappa shape index (κ2) is 29.6. The molecule has 1 radical (unpaired) electrons. The smallest absolute Gasteiger partial charge is 2.00 e. The van der Waals surface area contributed by atoms with E-state index in [4.69, 9.17) is 0 Å². The molecule has 0 saturated heterocycles. The Balaban J connectivity index is 0. The van der Waals surface area contributed by atoms with E-state index in [-0.39, 0.29) is 104 Å². The van der Waals surface area contributed by atoms with Gasteiger partial charge in [0.25, 0.3) is 0 Å². The largest absolute Gasteiger partial charge is 3.00 e. The van der Waals surface area contributed by atoms with Crippen molar-refractivity contribution in [1.82, 2.24) is 0 Å². The second-order valence-electron chi connectivity index (χ2n) is 0. The van der Waals surface area contributed by atoms with Gasteiger partial charge in [0.2, 0.25) is 0 Å². The molecule has 0 fully saturated rings. The van der Waals surface area contributed by atoms with Gasteiger partial charge in [-0.1, -0.05) is 0 Å². The predicted molar refractivity (Wildman–Crippen MR) is 2.06 cm³/mol. The first-order chi connectivity index (χ1) is 0. The maximum absolute atomic E-state index is 0. The van der Waals surface area contributed by atoms with Gasteiger partial charge < -0.3 is 16.4 Å². The van der Waals surface area contributed by atoms with Crippen LogP contribution in [0.2, 0.25) is 0 Å². The van der Waals surface area contributed by atoms with Gasteiger partial charge in [-0.25, -0.2) is 0 Å². The van der Waals surface area contributed by atoms with Gasteiger partial charge >= 0.3 is 87.6 Å². The fourth-order valence-corrected chi connectivity index (χ4v) is 0. The standard InChI is InChI=1S/Dy.Eu.3O/q2*+3;3*-2. The van der Waals surface area contributed by atoms with Crippen LogP contribution >= 0.6 is 0 Å². The molecule has 0 aliphatic heterocycles. The summed E-state index contributed by atoms with van der Waals surface area (Å²) in [5.74, 6) is 0. The molecule has 3 nitrogen and oxygen atoms in total. The van der Waals surface area contributed by atoms with Crippen molar-refractivity contribution >= 4 is 0 Å². The van der Waals surface area contributed by atoms with Crippen molar-refractivity contribution in [2.75, 3.05) is 0 Å². The van der Waals surface area contributed by atoms with Crippen molar-refractivity contribution in [2.24, 2.45) is 0 Å². The molecule has 5 heavy (non-hydrogen) atoms. The van der Waals surface area contributed by atoms with Gasteiger partial charge in [0, 0.05) is 0 Å². The molecule has 0 atom stereocenters.